The lowest BCUT2D eigenvalue weighted by molar-refractivity contribution is -0.211. The molecule has 2 saturated heterocycles. The van der Waals surface area contributed by atoms with Gasteiger partial charge in [-0.15, -0.1) is 6.42 Å². The zero-order valence-electron chi connectivity index (χ0n) is 21.3. The second-order valence-corrected chi connectivity index (χ2v) is 15.6. The van der Waals surface area contributed by atoms with E-state index in [0.29, 0.717) is 18.9 Å². The number of aromatic nitrogens is 4. The van der Waals surface area contributed by atoms with Gasteiger partial charge in [0.25, 0.3) is 5.56 Å². The summed E-state index contributed by atoms with van der Waals surface area (Å²) >= 11 is 0. The van der Waals surface area contributed by atoms with Crippen LogP contribution in [-0.4, -0.2) is 65.2 Å². The number of nitrogens with one attached hydrogen (secondary N) is 1. The number of halogens is 1. The summed E-state index contributed by atoms with van der Waals surface area (Å²) in [5.74, 6) is 2.66. The van der Waals surface area contributed by atoms with Gasteiger partial charge in [-0.25, -0.2) is 14.4 Å². The van der Waals surface area contributed by atoms with E-state index in [2.05, 4.69) is 54.7 Å². The normalized spacial score (nSPS) is 30.0. The van der Waals surface area contributed by atoms with Crippen molar-refractivity contribution in [1.29, 1.82) is 0 Å². The molecule has 2 aliphatic rings. The van der Waals surface area contributed by atoms with Gasteiger partial charge in [-0.1, -0.05) is 26.7 Å². The number of fused-ring (bicyclic) bond motifs is 1. The van der Waals surface area contributed by atoms with Crippen LogP contribution >= 0.6 is 0 Å². The second kappa shape index (κ2) is 9.41. The molecule has 2 aliphatic heterocycles. The number of alkyl halides is 1. The predicted molar refractivity (Wildman–Crippen MR) is 131 cm³/mol. The summed E-state index contributed by atoms with van der Waals surface area (Å²) in [6.07, 6.45) is 5.76. The van der Waals surface area contributed by atoms with Crippen molar-refractivity contribution in [2.75, 3.05) is 13.2 Å². The van der Waals surface area contributed by atoms with E-state index in [1.165, 1.54) is 10.9 Å². The molecule has 2 fully saturated rings. The van der Waals surface area contributed by atoms with Crippen molar-refractivity contribution in [2.45, 2.75) is 95.5 Å². The molecule has 0 aliphatic carbocycles. The lowest BCUT2D eigenvalue weighted by Crippen LogP contribution is -2.49. The smallest absolute Gasteiger partial charge is 0.279 e. The summed E-state index contributed by atoms with van der Waals surface area (Å²) in [5, 5.41) is -0.0458. The van der Waals surface area contributed by atoms with Crippen LogP contribution in [0.5, 0.6) is 0 Å². The summed E-state index contributed by atoms with van der Waals surface area (Å²) in [5.41, 5.74) is -2.54. The van der Waals surface area contributed by atoms with Gasteiger partial charge in [0.1, 0.15) is 18.0 Å². The molecule has 0 saturated carbocycles. The number of hydrogen-bond acceptors (Lipinski definition) is 7. The van der Waals surface area contributed by atoms with Gasteiger partial charge in [0.15, 0.2) is 32.0 Å². The number of terminal acetylenes is 1. The zero-order valence-corrected chi connectivity index (χ0v) is 22.3. The maximum Gasteiger partial charge on any atom is 0.279 e. The minimum Gasteiger partial charge on any atom is -0.414 e. The molecule has 0 radical (unpaired) electrons. The molecule has 5 atom stereocenters. The molecular formula is C24H35FN4O5Si. The molecule has 4 rings (SSSR count). The number of ether oxygens (including phenoxy) is 3. The Hall–Kier alpha value is -2.10. The minimum absolute atomic E-state index is 0.0458. The van der Waals surface area contributed by atoms with E-state index in [0.717, 1.165) is 12.8 Å². The summed E-state index contributed by atoms with van der Waals surface area (Å²) < 4.78 is 42.7. The standard InChI is InChI=1S/C24H35FN4O5Si/c1-8-24(25)19(34-17-11-9-10-12-31-17)16(13-32-35(6,7)23(3,4)5)33-22(24)29-14-26-18-20(29)27-15(2)28-21(18)30/h1,14,16-17,19,22H,9-13H2,2-7H3,(H,27,28,30)/t16-,17?,19-,22-,24-/m1/s1. The lowest BCUT2D eigenvalue weighted by Gasteiger charge is -2.37. The lowest BCUT2D eigenvalue weighted by atomic mass is 9.96. The summed E-state index contributed by atoms with van der Waals surface area (Å²) in [4.78, 5) is 23.5. The Kier molecular flexibility index (Phi) is 6.98. The number of aromatic amines is 1. The van der Waals surface area contributed by atoms with E-state index < -0.39 is 44.3 Å². The first-order valence-corrected chi connectivity index (χ1v) is 14.9. The van der Waals surface area contributed by atoms with Crippen LogP contribution in [0.4, 0.5) is 4.39 Å². The molecule has 2 aromatic heterocycles. The Morgan fingerprint density at radius 1 is 1.40 bits per heavy atom. The number of aryl methyl sites for hydroxylation is 1. The van der Waals surface area contributed by atoms with E-state index in [4.69, 9.17) is 25.1 Å². The van der Waals surface area contributed by atoms with Crippen LogP contribution in [0.3, 0.4) is 0 Å². The molecule has 11 heteroatoms. The van der Waals surface area contributed by atoms with Crippen molar-refractivity contribution in [3.63, 3.8) is 0 Å². The van der Waals surface area contributed by atoms with Crippen LogP contribution in [-0.2, 0) is 18.6 Å². The van der Waals surface area contributed by atoms with Gasteiger partial charge in [0, 0.05) is 6.61 Å². The van der Waals surface area contributed by atoms with Crippen LogP contribution in [0.25, 0.3) is 11.2 Å². The van der Waals surface area contributed by atoms with Crippen LogP contribution in [0.1, 0.15) is 52.1 Å². The highest BCUT2D eigenvalue weighted by atomic mass is 28.4. The summed E-state index contributed by atoms with van der Waals surface area (Å²) in [7, 11) is -2.18. The van der Waals surface area contributed by atoms with Gasteiger partial charge in [0.05, 0.1) is 12.9 Å². The third kappa shape index (κ3) is 4.82. The molecule has 2 aromatic rings. The fraction of sp³-hybridized carbons (Fsp3) is 0.708. The van der Waals surface area contributed by atoms with Crippen LogP contribution in [0, 0.1) is 19.3 Å². The van der Waals surface area contributed by atoms with Crippen molar-refractivity contribution in [3.05, 3.63) is 22.5 Å². The fourth-order valence-corrected chi connectivity index (χ4v) is 5.19. The highest BCUT2D eigenvalue weighted by Crippen LogP contribution is 2.45. The third-order valence-corrected chi connectivity index (χ3v) is 11.8. The third-order valence-electron chi connectivity index (χ3n) is 7.29. The van der Waals surface area contributed by atoms with Crippen molar-refractivity contribution in [3.8, 4) is 12.3 Å². The van der Waals surface area contributed by atoms with E-state index >= 15 is 4.39 Å². The number of nitrogens with zero attached hydrogens (tertiary/aromatic N) is 3. The first-order valence-electron chi connectivity index (χ1n) is 12.0. The highest BCUT2D eigenvalue weighted by Gasteiger charge is 2.60. The van der Waals surface area contributed by atoms with Crippen molar-refractivity contribution >= 4 is 19.5 Å². The monoisotopic (exact) mass is 506 g/mol. The molecule has 192 valence electrons. The Morgan fingerprint density at radius 2 is 2.14 bits per heavy atom. The molecule has 0 bridgehead atoms. The molecule has 1 N–H and O–H groups in total. The molecular weight excluding hydrogens is 471 g/mol. The van der Waals surface area contributed by atoms with Crippen LogP contribution in [0.15, 0.2) is 11.1 Å². The van der Waals surface area contributed by atoms with E-state index in [-0.39, 0.29) is 22.8 Å². The Bertz CT molecular complexity index is 1160. The Labute approximate surface area is 205 Å². The Balaban J connectivity index is 1.71. The molecule has 0 spiro atoms. The van der Waals surface area contributed by atoms with Crippen molar-refractivity contribution < 1.29 is 23.0 Å². The van der Waals surface area contributed by atoms with E-state index in [1.807, 2.05) is 0 Å². The summed E-state index contributed by atoms with van der Waals surface area (Å²) in [6.45, 7) is 12.9. The van der Waals surface area contributed by atoms with Crippen LogP contribution < -0.4 is 5.56 Å². The van der Waals surface area contributed by atoms with Gasteiger partial charge in [-0.3, -0.25) is 9.36 Å². The predicted octanol–water partition coefficient (Wildman–Crippen LogP) is 3.60. The molecule has 9 nitrogen and oxygen atoms in total. The van der Waals surface area contributed by atoms with Gasteiger partial charge in [-0.05, 0) is 44.3 Å². The number of rotatable bonds is 6. The summed E-state index contributed by atoms with van der Waals surface area (Å²) in [6, 6.07) is 0. The van der Waals surface area contributed by atoms with Crippen LogP contribution in [0.2, 0.25) is 18.1 Å². The molecule has 4 heterocycles. The second-order valence-electron chi connectivity index (χ2n) is 10.8. The van der Waals surface area contributed by atoms with Crippen molar-refractivity contribution in [2.24, 2.45) is 0 Å². The van der Waals surface area contributed by atoms with Gasteiger partial charge >= 0.3 is 0 Å². The largest absolute Gasteiger partial charge is 0.414 e. The average Bonchev–Trinajstić information content (AvgIpc) is 3.32. The minimum atomic E-state index is -2.38. The zero-order chi connectivity index (χ0) is 25.6. The van der Waals surface area contributed by atoms with E-state index in [9.17, 15) is 4.79 Å². The first-order chi connectivity index (χ1) is 16.4. The van der Waals surface area contributed by atoms with E-state index in [1.54, 1.807) is 6.92 Å². The SMILES string of the molecule is C#C[C@@]1(F)[C@H](OC2CCCCO2)[C@@H](CO[Si](C)(C)C(C)(C)C)O[C@H]1n1cnc2c(=O)[nH]c(C)nc21. The number of H-pyrrole nitrogens is 1. The molecule has 0 aromatic carbocycles. The number of hydrogen-bond donors (Lipinski definition) is 1. The van der Waals surface area contributed by atoms with Crippen molar-refractivity contribution in [1.82, 2.24) is 19.5 Å². The maximum absolute atomic E-state index is 16.8. The molecule has 1 unspecified atom stereocenters. The molecule has 35 heavy (non-hydrogen) atoms. The van der Waals surface area contributed by atoms with Gasteiger partial charge < -0.3 is 23.6 Å². The van der Waals surface area contributed by atoms with Gasteiger partial charge in [0.2, 0.25) is 5.67 Å². The fourth-order valence-electron chi connectivity index (χ4n) is 4.18. The average molecular weight is 507 g/mol. The number of imidazole rings is 1. The Morgan fingerprint density at radius 3 is 2.77 bits per heavy atom. The quantitative estimate of drug-likeness (QED) is 0.472. The molecule has 0 amide bonds. The highest BCUT2D eigenvalue weighted by molar-refractivity contribution is 6.74. The topological polar surface area (TPSA) is 100 Å². The maximum atomic E-state index is 16.8. The van der Waals surface area contributed by atoms with Gasteiger partial charge in [-0.2, -0.15) is 0 Å². The first kappa shape index (κ1) is 26.0.